The smallest absolute Gasteiger partial charge is 0.358 e. The first kappa shape index (κ1) is 36.2. The second-order valence-electron chi connectivity index (χ2n) is 14.3. The molecule has 2 aliphatic heterocycles. The van der Waals surface area contributed by atoms with Crippen molar-refractivity contribution in [2.45, 2.75) is 103 Å². The van der Waals surface area contributed by atoms with Gasteiger partial charge in [-0.2, -0.15) is 0 Å². The fourth-order valence-corrected chi connectivity index (χ4v) is 7.45. The van der Waals surface area contributed by atoms with E-state index in [1.54, 1.807) is 12.4 Å². The molecule has 12 nitrogen and oxygen atoms in total. The Balaban J connectivity index is 0.000000145. The molecule has 2 saturated carbocycles. The fraction of sp³-hybridized carbons (Fsp3) is 0.487. The highest BCUT2D eigenvalue weighted by molar-refractivity contribution is 6.69. The highest BCUT2D eigenvalue weighted by Crippen LogP contribution is 2.42. The summed E-state index contributed by atoms with van der Waals surface area (Å²) in [5, 5.41) is 3.22. The number of aromatic nitrogens is 4. The van der Waals surface area contributed by atoms with Crippen molar-refractivity contribution in [2.75, 3.05) is 19.7 Å². The average Bonchev–Trinajstić information content (AvgIpc) is 3.97. The van der Waals surface area contributed by atoms with Crippen LogP contribution in [-0.4, -0.2) is 75.8 Å². The number of nitrogens with one attached hydrogen (secondary N) is 1. The molecule has 1 N–H and O–H groups in total. The predicted octanol–water partition coefficient (Wildman–Crippen LogP) is 5.93. The third-order valence-electron chi connectivity index (χ3n) is 8.80. The SMILES string of the molecule is CCOC1(O[Si](C)(C)C)CC1.O=C(OCc1ccccc1)c1cn2c(n1)CNCC2.[2H]C1(N2CCn3cc(C(=O)OCc4ccccc4)nc3C2)CC1. The number of carbonyl (C=O) groups excluding carboxylic acids is 2. The van der Waals surface area contributed by atoms with Crippen LogP contribution in [-0.2, 0) is 58.0 Å². The molecule has 8 rings (SSSR count). The lowest BCUT2D eigenvalue weighted by molar-refractivity contribution is -0.106. The molecule has 0 atom stereocenters. The summed E-state index contributed by atoms with van der Waals surface area (Å²) in [6.07, 6.45) is 7.57. The summed E-state index contributed by atoms with van der Waals surface area (Å²) < 4.78 is 34.2. The Bertz CT molecular complexity index is 1800. The van der Waals surface area contributed by atoms with Gasteiger partial charge >= 0.3 is 11.9 Å². The number of fused-ring (bicyclic) bond motifs is 2. The molecule has 13 heteroatoms. The third-order valence-corrected chi connectivity index (χ3v) is 9.78. The Labute approximate surface area is 309 Å². The van der Waals surface area contributed by atoms with E-state index in [0.717, 1.165) is 81.2 Å². The first-order valence-electron chi connectivity index (χ1n) is 18.8. The third kappa shape index (κ3) is 10.9. The van der Waals surface area contributed by atoms with Crippen molar-refractivity contribution in [3.63, 3.8) is 0 Å². The Kier molecular flexibility index (Phi) is 11.9. The number of benzene rings is 2. The van der Waals surface area contributed by atoms with Gasteiger partial charge in [0.1, 0.15) is 24.9 Å². The molecule has 2 aliphatic carbocycles. The lowest BCUT2D eigenvalue weighted by Gasteiger charge is -2.27. The van der Waals surface area contributed by atoms with Crippen LogP contribution in [0, 0.1) is 0 Å². The minimum atomic E-state index is -1.39. The van der Waals surface area contributed by atoms with E-state index < -0.39 is 20.3 Å². The van der Waals surface area contributed by atoms with Crippen LogP contribution in [0.25, 0.3) is 0 Å². The molecule has 4 heterocycles. The second kappa shape index (κ2) is 17.1. The number of hydrogen-bond donors (Lipinski definition) is 1. The summed E-state index contributed by atoms with van der Waals surface area (Å²) in [6.45, 7) is 14.6. The van der Waals surface area contributed by atoms with Crippen molar-refractivity contribution in [1.82, 2.24) is 29.3 Å². The van der Waals surface area contributed by atoms with E-state index in [9.17, 15) is 9.59 Å². The number of rotatable bonds is 11. The summed E-state index contributed by atoms with van der Waals surface area (Å²) in [6, 6.07) is 18.8. The maximum absolute atomic E-state index is 12.2. The lowest BCUT2D eigenvalue weighted by atomic mass is 10.2. The number of nitrogens with zero attached hydrogens (tertiary/aromatic N) is 5. The summed E-state index contributed by atoms with van der Waals surface area (Å²) in [5.41, 5.74) is 2.67. The van der Waals surface area contributed by atoms with Gasteiger partial charge < -0.3 is 33.1 Å². The first-order chi connectivity index (χ1) is 25.4. The quantitative estimate of drug-likeness (QED) is 0.113. The number of ether oxygens (including phenoxy) is 3. The number of carbonyl (C=O) groups is 2. The van der Waals surface area contributed by atoms with Gasteiger partial charge in [0.25, 0.3) is 0 Å². The van der Waals surface area contributed by atoms with Gasteiger partial charge in [0, 0.05) is 65.4 Å². The van der Waals surface area contributed by atoms with Gasteiger partial charge in [-0.05, 0) is 50.5 Å². The van der Waals surface area contributed by atoms with E-state index in [1.165, 1.54) is 0 Å². The van der Waals surface area contributed by atoms with Gasteiger partial charge in [-0.15, -0.1) is 0 Å². The minimum absolute atomic E-state index is 0.154. The lowest BCUT2D eigenvalue weighted by Crippen LogP contribution is -2.35. The van der Waals surface area contributed by atoms with E-state index in [4.69, 9.17) is 20.0 Å². The van der Waals surface area contributed by atoms with Gasteiger partial charge in [0.15, 0.2) is 25.5 Å². The molecule has 278 valence electrons. The first-order valence-corrected chi connectivity index (χ1v) is 21.7. The van der Waals surface area contributed by atoms with Gasteiger partial charge in [-0.3, -0.25) is 4.90 Å². The van der Waals surface area contributed by atoms with Crippen molar-refractivity contribution in [2.24, 2.45) is 0 Å². The van der Waals surface area contributed by atoms with Crippen LogP contribution in [0.1, 0.15) is 77.7 Å². The molecule has 0 unspecified atom stereocenters. The van der Waals surface area contributed by atoms with Crippen molar-refractivity contribution in [3.05, 3.63) is 107 Å². The van der Waals surface area contributed by atoms with Crippen molar-refractivity contribution in [3.8, 4) is 0 Å². The molecule has 2 aromatic carbocycles. The second-order valence-corrected chi connectivity index (χ2v) is 18.7. The zero-order valence-electron chi connectivity index (χ0n) is 31.8. The Morgan fingerprint density at radius 3 is 1.90 bits per heavy atom. The Morgan fingerprint density at radius 1 is 0.846 bits per heavy atom. The summed E-state index contributed by atoms with van der Waals surface area (Å²) >= 11 is 0. The molecule has 52 heavy (non-hydrogen) atoms. The molecule has 0 radical (unpaired) electrons. The standard InChI is InChI=1S/C17H19N3O2.C14H15N3O2.C8H18O2Si/c21-17(22-12-13-4-2-1-3-5-13)15-10-20-9-8-19(14-6-7-14)11-16(20)18-15;18-14(19-10-11-4-2-1-3-5-11)12-9-17-7-6-15-8-13(17)16-12;1-5-9-8(6-7-8)10-11(2,3)4/h1-5,10,14H,6-9,11-12H2;1-5,9,15H,6-8,10H2;5-7H2,1-4H3/i14D;;. The van der Waals surface area contributed by atoms with Gasteiger partial charge in [-0.1, -0.05) is 60.7 Å². The van der Waals surface area contributed by atoms with Crippen LogP contribution in [0.3, 0.4) is 0 Å². The molecule has 0 amide bonds. The number of esters is 2. The summed E-state index contributed by atoms with van der Waals surface area (Å²) in [5.74, 6) is 0.818. The zero-order chi connectivity index (χ0) is 37.5. The van der Waals surface area contributed by atoms with Crippen molar-refractivity contribution < 1.29 is 29.6 Å². The van der Waals surface area contributed by atoms with E-state index in [2.05, 4.69) is 39.8 Å². The van der Waals surface area contributed by atoms with E-state index in [0.29, 0.717) is 24.5 Å². The number of imidazole rings is 2. The van der Waals surface area contributed by atoms with Gasteiger partial charge in [0.05, 0.1) is 13.1 Å². The van der Waals surface area contributed by atoms with Gasteiger partial charge in [-0.25, -0.2) is 19.6 Å². The topological polar surface area (TPSA) is 122 Å². The molecule has 0 bridgehead atoms. The van der Waals surface area contributed by atoms with Crippen LogP contribution in [0.4, 0.5) is 0 Å². The van der Waals surface area contributed by atoms with E-state index in [1.807, 2.05) is 76.7 Å². The fourth-order valence-electron chi connectivity index (χ4n) is 6.07. The molecule has 2 aromatic heterocycles. The maximum Gasteiger partial charge on any atom is 0.358 e. The molecule has 4 aromatic rings. The predicted molar refractivity (Wildman–Crippen MR) is 199 cm³/mol. The molecule has 0 spiro atoms. The Morgan fingerprint density at radius 2 is 1.40 bits per heavy atom. The maximum atomic E-state index is 12.2. The van der Waals surface area contributed by atoms with Crippen LogP contribution >= 0.6 is 0 Å². The van der Waals surface area contributed by atoms with Crippen molar-refractivity contribution >= 4 is 20.3 Å². The highest BCUT2D eigenvalue weighted by atomic mass is 28.4. The molecular formula is C39H52N6O6Si. The summed E-state index contributed by atoms with van der Waals surface area (Å²) in [7, 11) is -1.39. The molecule has 0 saturated heterocycles. The van der Waals surface area contributed by atoms with Crippen LogP contribution in [0.2, 0.25) is 19.6 Å². The molecular weight excluding hydrogens is 677 g/mol. The van der Waals surface area contributed by atoms with E-state index >= 15 is 0 Å². The van der Waals surface area contributed by atoms with Crippen LogP contribution < -0.4 is 5.32 Å². The van der Waals surface area contributed by atoms with Gasteiger partial charge in [0.2, 0.25) is 0 Å². The van der Waals surface area contributed by atoms with E-state index in [-0.39, 0.29) is 25.0 Å². The monoisotopic (exact) mass is 729 g/mol. The Hall–Kier alpha value is -4.14. The minimum Gasteiger partial charge on any atom is -0.456 e. The zero-order valence-corrected chi connectivity index (χ0v) is 31.8. The molecule has 2 fully saturated rings. The summed E-state index contributed by atoms with van der Waals surface area (Å²) in [4.78, 5) is 34.9. The normalized spacial score (nSPS) is 18.2. The number of hydrogen-bond acceptors (Lipinski definition) is 10. The van der Waals surface area contributed by atoms with Crippen LogP contribution in [0.15, 0.2) is 73.1 Å². The van der Waals surface area contributed by atoms with Crippen molar-refractivity contribution in [1.29, 1.82) is 0 Å². The average molecular weight is 730 g/mol. The van der Waals surface area contributed by atoms with Crippen LogP contribution in [0.5, 0.6) is 0 Å². The molecule has 4 aliphatic rings. The largest absolute Gasteiger partial charge is 0.456 e. The highest BCUT2D eigenvalue weighted by Gasteiger charge is 2.48.